The Morgan fingerprint density at radius 2 is 1.92 bits per heavy atom. The standard InChI is InChI=1S/C17H16N4O4/c18-16(23)14-13(15(24-21-14)9-4-2-1-3-5-9)10-6-11(7-10)17-19-12(8-22)20-25-17/h1-5,10-11,22H,6-8H2,(H2,18,23)/t10-,11+. The van der Waals surface area contributed by atoms with Gasteiger partial charge in [-0.25, -0.2) is 0 Å². The first-order chi connectivity index (χ1) is 12.2. The predicted molar refractivity (Wildman–Crippen MR) is 85.4 cm³/mol. The normalized spacial score (nSPS) is 19.6. The van der Waals surface area contributed by atoms with E-state index in [0.717, 1.165) is 11.1 Å². The molecular weight excluding hydrogens is 324 g/mol. The third-order valence-electron chi connectivity index (χ3n) is 4.52. The number of primary amides is 1. The molecule has 8 heteroatoms. The van der Waals surface area contributed by atoms with E-state index in [0.29, 0.717) is 24.5 Å². The number of nitrogens with zero attached hydrogens (tertiary/aromatic N) is 3. The Hall–Kier alpha value is -3.00. The molecule has 8 nitrogen and oxygen atoms in total. The van der Waals surface area contributed by atoms with Gasteiger partial charge in [-0.2, -0.15) is 4.98 Å². The molecule has 1 aliphatic rings. The minimum atomic E-state index is -0.607. The number of aliphatic hydroxyl groups is 1. The minimum Gasteiger partial charge on any atom is -0.388 e. The molecule has 1 fully saturated rings. The van der Waals surface area contributed by atoms with Crippen LogP contribution in [-0.2, 0) is 6.61 Å². The Morgan fingerprint density at radius 1 is 1.16 bits per heavy atom. The lowest BCUT2D eigenvalue weighted by molar-refractivity contribution is 0.0989. The number of aromatic nitrogens is 3. The SMILES string of the molecule is NC(=O)c1noc(-c2ccccc2)c1[C@H]1C[C@@H](c2nc(CO)no2)C1. The summed E-state index contributed by atoms with van der Waals surface area (Å²) in [5.41, 5.74) is 7.21. The second-order valence-electron chi connectivity index (χ2n) is 6.08. The maximum atomic E-state index is 11.7. The summed E-state index contributed by atoms with van der Waals surface area (Å²) in [6, 6.07) is 9.49. The Kier molecular flexibility index (Phi) is 3.81. The van der Waals surface area contributed by atoms with Crippen LogP contribution in [0.4, 0.5) is 0 Å². The first-order valence-electron chi connectivity index (χ1n) is 7.95. The summed E-state index contributed by atoms with van der Waals surface area (Å²) in [6.45, 7) is -0.255. The van der Waals surface area contributed by atoms with Gasteiger partial charge in [-0.3, -0.25) is 4.79 Å². The van der Waals surface area contributed by atoms with E-state index in [4.69, 9.17) is 19.9 Å². The molecule has 2 heterocycles. The van der Waals surface area contributed by atoms with Crippen molar-refractivity contribution in [3.63, 3.8) is 0 Å². The highest BCUT2D eigenvalue weighted by Crippen LogP contribution is 2.50. The lowest BCUT2D eigenvalue weighted by atomic mass is 9.70. The third-order valence-corrected chi connectivity index (χ3v) is 4.52. The van der Waals surface area contributed by atoms with Gasteiger partial charge in [-0.1, -0.05) is 40.6 Å². The lowest BCUT2D eigenvalue weighted by Crippen LogP contribution is -2.24. The van der Waals surface area contributed by atoms with Crippen LogP contribution in [0.1, 0.15) is 52.4 Å². The number of amides is 1. The van der Waals surface area contributed by atoms with Gasteiger partial charge in [0, 0.05) is 17.0 Å². The molecule has 25 heavy (non-hydrogen) atoms. The third kappa shape index (κ3) is 2.70. The summed E-state index contributed by atoms with van der Waals surface area (Å²) in [5.74, 6) is 0.879. The Morgan fingerprint density at radius 3 is 2.56 bits per heavy atom. The molecule has 0 spiro atoms. The number of benzene rings is 1. The van der Waals surface area contributed by atoms with Gasteiger partial charge in [0.2, 0.25) is 5.89 Å². The van der Waals surface area contributed by atoms with Gasteiger partial charge in [-0.05, 0) is 18.8 Å². The molecule has 1 amide bonds. The Bertz CT molecular complexity index is 897. The van der Waals surface area contributed by atoms with Crippen LogP contribution >= 0.6 is 0 Å². The molecule has 0 radical (unpaired) electrons. The maximum absolute atomic E-state index is 11.7. The lowest BCUT2D eigenvalue weighted by Gasteiger charge is -2.32. The number of carbonyl (C=O) groups excluding carboxylic acids is 1. The van der Waals surface area contributed by atoms with Crippen molar-refractivity contribution in [3.05, 3.63) is 53.3 Å². The number of aliphatic hydroxyl groups excluding tert-OH is 1. The van der Waals surface area contributed by atoms with Crippen LogP contribution in [-0.4, -0.2) is 26.3 Å². The molecule has 4 rings (SSSR count). The quantitative estimate of drug-likeness (QED) is 0.726. The van der Waals surface area contributed by atoms with E-state index < -0.39 is 5.91 Å². The van der Waals surface area contributed by atoms with Crippen LogP contribution in [0.3, 0.4) is 0 Å². The second kappa shape index (κ2) is 6.14. The molecule has 1 aliphatic carbocycles. The number of rotatable bonds is 5. The van der Waals surface area contributed by atoms with Crippen molar-refractivity contribution < 1.29 is 18.9 Å². The average molecular weight is 340 g/mol. The molecular formula is C17H16N4O4. The molecule has 0 unspecified atom stereocenters. The van der Waals surface area contributed by atoms with Gasteiger partial charge in [0.1, 0.15) is 6.61 Å². The molecule has 0 atom stereocenters. The zero-order valence-electron chi connectivity index (χ0n) is 13.3. The van der Waals surface area contributed by atoms with Gasteiger partial charge in [0.15, 0.2) is 17.3 Å². The van der Waals surface area contributed by atoms with Crippen molar-refractivity contribution in [3.8, 4) is 11.3 Å². The van der Waals surface area contributed by atoms with Gasteiger partial charge < -0.3 is 19.9 Å². The second-order valence-corrected chi connectivity index (χ2v) is 6.08. The summed E-state index contributed by atoms with van der Waals surface area (Å²) >= 11 is 0. The van der Waals surface area contributed by atoms with Gasteiger partial charge >= 0.3 is 0 Å². The Labute approximate surface area is 142 Å². The summed E-state index contributed by atoms with van der Waals surface area (Å²) in [4.78, 5) is 15.9. The van der Waals surface area contributed by atoms with E-state index in [2.05, 4.69) is 15.3 Å². The summed E-state index contributed by atoms with van der Waals surface area (Å²) in [5, 5.41) is 16.6. The van der Waals surface area contributed by atoms with Gasteiger partial charge in [0.05, 0.1) is 0 Å². The number of carbonyl (C=O) groups is 1. The highest BCUT2D eigenvalue weighted by molar-refractivity contribution is 5.94. The van der Waals surface area contributed by atoms with Crippen molar-refractivity contribution in [2.24, 2.45) is 5.73 Å². The predicted octanol–water partition coefficient (Wildman–Crippen LogP) is 1.98. The molecule has 0 saturated heterocycles. The van der Waals surface area contributed by atoms with Crippen molar-refractivity contribution in [1.82, 2.24) is 15.3 Å². The van der Waals surface area contributed by atoms with Crippen molar-refractivity contribution in [1.29, 1.82) is 0 Å². The zero-order valence-corrected chi connectivity index (χ0v) is 13.3. The number of hydrogen-bond donors (Lipinski definition) is 2. The molecule has 1 aromatic carbocycles. The highest BCUT2D eigenvalue weighted by atomic mass is 16.5. The van der Waals surface area contributed by atoms with E-state index in [1.807, 2.05) is 30.3 Å². The zero-order chi connectivity index (χ0) is 17.4. The monoisotopic (exact) mass is 340 g/mol. The Balaban J connectivity index is 1.62. The van der Waals surface area contributed by atoms with Crippen LogP contribution < -0.4 is 5.73 Å². The first kappa shape index (κ1) is 15.5. The average Bonchev–Trinajstić information content (AvgIpc) is 3.22. The molecule has 1 saturated carbocycles. The summed E-state index contributed by atoms with van der Waals surface area (Å²) in [7, 11) is 0. The van der Waals surface area contributed by atoms with Crippen LogP contribution in [0.5, 0.6) is 0 Å². The minimum absolute atomic E-state index is 0.0680. The van der Waals surface area contributed by atoms with E-state index in [1.165, 1.54) is 0 Å². The van der Waals surface area contributed by atoms with Crippen LogP contribution in [0.15, 0.2) is 39.4 Å². The molecule has 2 aromatic heterocycles. The smallest absolute Gasteiger partial charge is 0.271 e. The number of nitrogens with two attached hydrogens (primary N) is 1. The molecule has 0 bridgehead atoms. The van der Waals surface area contributed by atoms with Crippen molar-refractivity contribution in [2.75, 3.05) is 0 Å². The molecule has 3 N–H and O–H groups in total. The summed E-state index contributed by atoms with van der Waals surface area (Å²) < 4.78 is 10.6. The summed E-state index contributed by atoms with van der Waals surface area (Å²) in [6.07, 6.45) is 1.43. The van der Waals surface area contributed by atoms with Crippen molar-refractivity contribution in [2.45, 2.75) is 31.3 Å². The fraction of sp³-hybridized carbons (Fsp3) is 0.294. The van der Waals surface area contributed by atoms with E-state index >= 15 is 0 Å². The molecule has 0 aliphatic heterocycles. The number of hydrogen-bond acceptors (Lipinski definition) is 7. The van der Waals surface area contributed by atoms with Crippen LogP contribution in [0.2, 0.25) is 0 Å². The van der Waals surface area contributed by atoms with E-state index in [-0.39, 0.29) is 30.0 Å². The fourth-order valence-corrected chi connectivity index (χ4v) is 3.20. The highest BCUT2D eigenvalue weighted by Gasteiger charge is 2.40. The molecule has 3 aromatic rings. The topological polar surface area (TPSA) is 128 Å². The van der Waals surface area contributed by atoms with E-state index in [9.17, 15) is 4.79 Å². The maximum Gasteiger partial charge on any atom is 0.271 e. The largest absolute Gasteiger partial charge is 0.388 e. The van der Waals surface area contributed by atoms with Gasteiger partial charge in [-0.15, -0.1) is 0 Å². The van der Waals surface area contributed by atoms with Crippen molar-refractivity contribution >= 4 is 5.91 Å². The molecule has 128 valence electrons. The first-order valence-corrected chi connectivity index (χ1v) is 7.95. The van der Waals surface area contributed by atoms with Gasteiger partial charge in [0.25, 0.3) is 5.91 Å². The van der Waals surface area contributed by atoms with Crippen LogP contribution in [0.25, 0.3) is 11.3 Å². The van der Waals surface area contributed by atoms with E-state index in [1.54, 1.807) is 0 Å². The van der Waals surface area contributed by atoms with Crippen LogP contribution in [0, 0.1) is 0 Å². The fourth-order valence-electron chi connectivity index (χ4n) is 3.20.